The molecular weight excluding hydrogens is 1750 g/mol. The van der Waals surface area contributed by atoms with E-state index >= 15 is 0 Å². The predicted octanol–water partition coefficient (Wildman–Crippen LogP) is 26.6. The Bertz CT molecular complexity index is 6030. The average Bonchev–Trinajstić information content (AvgIpc) is 1.62. The molecule has 0 spiro atoms. The van der Waals surface area contributed by atoms with Gasteiger partial charge in [-0.15, -0.1) is 0 Å². The fourth-order valence-electron chi connectivity index (χ4n) is 18.8. The van der Waals surface area contributed by atoms with Gasteiger partial charge in [0.05, 0.1) is 52.6 Å². The van der Waals surface area contributed by atoms with Crippen molar-refractivity contribution in [1.82, 2.24) is 9.30 Å². The lowest BCUT2D eigenvalue weighted by atomic mass is 9.79. The number of nitrogens with zero attached hydrogens (tertiary/aromatic N) is 6. The molecule has 0 atom stereocenters. The van der Waals surface area contributed by atoms with E-state index in [1.165, 1.54) is 143 Å². The lowest BCUT2D eigenvalue weighted by Crippen LogP contribution is -2.31. The summed E-state index contributed by atoms with van der Waals surface area (Å²) in [6, 6.07) is 62.1. The van der Waals surface area contributed by atoms with Crippen molar-refractivity contribution in [2.24, 2.45) is 16.2 Å². The maximum atomic E-state index is 12.6. The van der Waals surface area contributed by atoms with Gasteiger partial charge in [-0.3, -0.25) is 14.4 Å². The predicted molar refractivity (Wildman–Crippen MR) is 582 cm³/mol. The first-order valence-corrected chi connectivity index (χ1v) is 51.9. The maximum Gasteiger partial charge on any atom is 0.373 e. The number of carbonyl (C=O) groups excluding carboxylic acids is 5. The van der Waals surface area contributed by atoms with Crippen molar-refractivity contribution in [2.45, 2.75) is 265 Å². The highest BCUT2D eigenvalue weighted by Gasteiger charge is 2.48. The smallest absolute Gasteiger partial charge is 0.373 e. The molecule has 0 amide bonds. The first kappa shape index (κ1) is 117. The largest absolute Gasteiger partial charge is 0.465 e. The Labute approximate surface area is 836 Å². The highest BCUT2D eigenvalue weighted by atomic mass is 32.2. The molecule has 0 fully saturated rings. The zero-order valence-corrected chi connectivity index (χ0v) is 90.5. The second kappa shape index (κ2) is 51.9. The van der Waals surface area contributed by atoms with Gasteiger partial charge in [0.15, 0.2) is 18.0 Å². The number of ether oxygens (including phenoxy) is 3. The number of allylic oxidation sites excluding steroid dienone is 8. The fourth-order valence-corrected chi connectivity index (χ4v) is 19.2. The average molecular weight is 1920 g/mol. The Balaban J connectivity index is 0.000000292. The van der Waals surface area contributed by atoms with E-state index in [1.54, 1.807) is 13.8 Å². The number of carbonyl (C=O) groups is 3. The number of fused-ring (bicyclic) bond motifs is 8. The van der Waals surface area contributed by atoms with E-state index in [0.717, 1.165) is 115 Å². The molecule has 0 bridgehead atoms. The molecule has 754 valence electrons. The number of esters is 3. The topological polar surface area (TPSA) is 191 Å². The summed E-state index contributed by atoms with van der Waals surface area (Å²) in [5.41, 5.74) is 21.5. The first-order chi connectivity index (χ1) is 64.7. The Kier molecular flexibility index (Phi) is 43.5. The third-order valence-corrected chi connectivity index (χ3v) is 28.9. The van der Waals surface area contributed by atoms with Crippen LogP contribution in [0.4, 0.5) is 28.4 Å². The van der Waals surface area contributed by atoms with Crippen molar-refractivity contribution < 1.29 is 60.2 Å². The molecule has 0 aromatic heterocycles. The highest BCUT2D eigenvalue weighted by molar-refractivity contribution is 7.88. The summed E-state index contributed by atoms with van der Waals surface area (Å²) in [6.07, 6.45) is 27.0. The summed E-state index contributed by atoms with van der Waals surface area (Å²) >= 11 is 0. The van der Waals surface area contributed by atoms with Crippen molar-refractivity contribution >= 4 is 95.7 Å². The van der Waals surface area contributed by atoms with Crippen LogP contribution in [0.5, 0.6) is 0 Å². The minimum atomic E-state index is -3.20. The van der Waals surface area contributed by atoms with Crippen LogP contribution in [-0.2, 0) is 76.3 Å². The third-order valence-electron chi connectivity index (χ3n) is 28.2. The van der Waals surface area contributed by atoms with Gasteiger partial charge < -0.3 is 55.6 Å². The van der Waals surface area contributed by atoms with E-state index in [-0.39, 0.29) is 81.2 Å². The maximum absolute atomic E-state index is 12.6. The monoisotopic (exact) mass is 1910 g/mol. The summed E-state index contributed by atoms with van der Waals surface area (Å²) in [5.74, 6) is 0.424. The van der Waals surface area contributed by atoms with Crippen molar-refractivity contribution in [3.05, 3.63) is 273 Å². The molecule has 7 aromatic rings. The van der Waals surface area contributed by atoms with E-state index in [1.807, 2.05) is 48.5 Å². The Morgan fingerprint density at radius 1 is 0.496 bits per heavy atom. The van der Waals surface area contributed by atoms with Gasteiger partial charge in [0.2, 0.25) is 26.8 Å². The van der Waals surface area contributed by atoms with Crippen LogP contribution in [-0.4, -0.2) is 138 Å². The number of anilines is 3. The van der Waals surface area contributed by atoms with Crippen molar-refractivity contribution in [2.75, 3.05) is 99.7 Å². The van der Waals surface area contributed by atoms with Gasteiger partial charge in [0, 0.05) is 149 Å². The van der Waals surface area contributed by atoms with Crippen LogP contribution < -0.4 is 29.4 Å². The fraction of sp³-hybridized carbons (Fsp3) is 0.467. The number of nitrogens with one attached hydrogen (secondary N) is 1. The number of rotatable bonds is 37. The van der Waals surface area contributed by atoms with Gasteiger partial charge in [0.25, 0.3) is 0 Å². The van der Waals surface area contributed by atoms with Crippen LogP contribution in [0, 0.1) is 38.5 Å². The number of benzene rings is 8. The molecule has 5 aliphatic heterocycles. The Morgan fingerprint density at radius 2 is 0.971 bits per heavy atom. The standard InChI is InChI=1S/C40H51N2O2.C36H49N2O2.C31H39N2O.C9H19NO4S.CO2.3CH3/c1-9-11-26-42-33-25-24-29-18-12-13-19-30(29)36(33)40(7,8)35(42)23-16-22-34-39(5,6)31-20-14-15-21-32(31)41(34)27-17-28-44-37(43)38(3,4)10-2;1-9-11-24-37-29-20-14-12-18-27(29)35(5,6)31(37)22-16-23-32-36(7,8)28-19-13-15-21-30(28)38(32)25-17-26-40-33(39)34(3,4)10-2;1-6-11-14-23-15-12-13-16-26(23)31-27-19-17-24(32(7-2)8-3)21-29(27)34-30-22-25(18-20-28(30)31)33(9-4)10-5;1-5-9(2,3)8(11)14-7-6-10-15(4,12)13;2-1-3;;;/h12-16,18-25H,9-11,17,26-28H2,1-8H3;12-16,18-23H,9-11,17,24-26H2,1-8H3;12-13,15-22H,6-11,14H2,1-5H3;10H,5-7H2,1-4H3;;3*1H3/q3*+1;;;3*-1. The third kappa shape index (κ3) is 27.6. The lowest BCUT2D eigenvalue weighted by molar-refractivity contribution is -0.438. The second-order valence-electron chi connectivity index (χ2n) is 40.2. The molecule has 13 rings (SSSR count). The van der Waals surface area contributed by atoms with E-state index in [4.69, 9.17) is 28.2 Å². The number of para-hydroxylation sites is 3. The van der Waals surface area contributed by atoms with Crippen molar-refractivity contribution in [1.29, 1.82) is 0 Å². The first-order valence-electron chi connectivity index (χ1n) is 50.0. The van der Waals surface area contributed by atoms with E-state index in [9.17, 15) is 22.8 Å². The molecule has 1 N–H and O–H groups in total. The number of unbranched alkanes of at least 4 members (excludes halogenated alkanes) is 3. The lowest BCUT2D eigenvalue weighted by Gasteiger charge is -2.27. The molecule has 1 aliphatic carbocycles. The quantitative estimate of drug-likeness (QED) is 0.00966. The van der Waals surface area contributed by atoms with Gasteiger partial charge in [0.1, 0.15) is 37.6 Å². The summed E-state index contributed by atoms with van der Waals surface area (Å²) in [5, 5.41) is 5.04. The van der Waals surface area contributed by atoms with Crippen LogP contribution in [0.25, 0.3) is 44.2 Å². The van der Waals surface area contributed by atoms with Crippen LogP contribution in [0.1, 0.15) is 265 Å². The summed E-state index contributed by atoms with van der Waals surface area (Å²) in [7, 11) is -3.20. The van der Waals surface area contributed by atoms with E-state index < -0.39 is 26.3 Å². The molecule has 139 heavy (non-hydrogen) atoms. The molecular formula is C120H167N7O11S. The Morgan fingerprint density at radius 3 is 1.50 bits per heavy atom. The number of hydrogen-bond acceptors (Lipinski definition) is 14. The number of aryl methyl sites for hydroxylation is 1. The van der Waals surface area contributed by atoms with E-state index in [0.29, 0.717) is 19.6 Å². The van der Waals surface area contributed by atoms with Gasteiger partial charge in [-0.2, -0.15) is 18.7 Å². The molecule has 19 heteroatoms. The molecule has 6 aliphatic rings. The zero-order valence-electron chi connectivity index (χ0n) is 89.7. The minimum absolute atomic E-state index is 0. The SMILES string of the molecule is CCC(C)(C)C(=O)OCCNS(C)(=O)=O.CCCCN1C(=CC=CC2=[N+](CCCOC(=O)C(C)(C)CC)c3ccccc3C2(C)C)C(C)(C)c2ccccc21.CCCC[N+]1=C(C=CC=C2N(CCCOC(=O)C(C)(C)CC)c3ccccc3C2(C)C)C(C)(C)c2c1ccc1ccccc21.CCCCc1ccccc1-c1c2ccc(=[N+](CC)CC)cc-2oc2cc(N(CC)CC)ccc12.O=C=O.[CH3-].[CH3-].[CH3-]. The summed E-state index contributed by atoms with van der Waals surface area (Å²) in [6.45, 7) is 60.2. The molecule has 0 radical (unpaired) electrons. The molecule has 0 saturated heterocycles. The molecule has 7 aromatic carbocycles. The second-order valence-corrected chi connectivity index (χ2v) is 42.0. The number of hydrogen-bond donors (Lipinski definition) is 1. The number of sulfonamides is 1. The molecule has 0 unspecified atom stereocenters. The minimum Gasteiger partial charge on any atom is -0.465 e. The Hall–Kier alpha value is -11.1. The van der Waals surface area contributed by atoms with Crippen LogP contribution in [0.2, 0.25) is 0 Å². The summed E-state index contributed by atoms with van der Waals surface area (Å²) in [4.78, 5) is 60.0. The molecule has 5 heterocycles. The van der Waals surface area contributed by atoms with E-state index in [2.05, 4.69) is 343 Å². The highest BCUT2D eigenvalue weighted by Crippen LogP contribution is 2.51. The van der Waals surface area contributed by atoms with Gasteiger partial charge in [-0.25, -0.2) is 17.7 Å². The zero-order chi connectivity index (χ0) is 99.7. The van der Waals surface area contributed by atoms with Crippen LogP contribution in [0.15, 0.2) is 222 Å². The normalized spacial score (nSPS) is 15.2. The van der Waals surface area contributed by atoms with Gasteiger partial charge >= 0.3 is 24.1 Å². The van der Waals surface area contributed by atoms with Crippen molar-refractivity contribution in [3.8, 4) is 22.5 Å². The van der Waals surface area contributed by atoms with Gasteiger partial charge in [-0.1, -0.05) is 204 Å². The van der Waals surface area contributed by atoms with Crippen molar-refractivity contribution in [3.63, 3.8) is 0 Å². The van der Waals surface area contributed by atoms with Gasteiger partial charge in [-0.05, 0) is 223 Å². The summed E-state index contributed by atoms with van der Waals surface area (Å²) < 4.78 is 53.9. The molecule has 18 nitrogen and oxygen atoms in total. The van der Waals surface area contributed by atoms with Crippen LogP contribution in [0.3, 0.4) is 0 Å². The molecule has 0 saturated carbocycles. The van der Waals surface area contributed by atoms with Crippen LogP contribution >= 0.6 is 0 Å².